The Balaban J connectivity index is 1.31. The number of methoxy groups -OCH3 is 1. The van der Waals surface area contributed by atoms with Gasteiger partial charge in [0.1, 0.15) is 23.7 Å². The zero-order valence-electron chi connectivity index (χ0n) is 20.5. The molecule has 1 aromatic heterocycles. The summed E-state index contributed by atoms with van der Waals surface area (Å²) in [5.74, 6) is 0.559. The van der Waals surface area contributed by atoms with Gasteiger partial charge in [-0.15, -0.1) is 0 Å². The highest BCUT2D eigenvalue weighted by Crippen LogP contribution is 2.25. The van der Waals surface area contributed by atoms with Crippen LogP contribution in [0.1, 0.15) is 35.4 Å². The van der Waals surface area contributed by atoms with Gasteiger partial charge < -0.3 is 29.3 Å². The summed E-state index contributed by atoms with van der Waals surface area (Å²) in [6.45, 7) is 2.55. The average Bonchev–Trinajstić information content (AvgIpc) is 3.58. The Kier molecular flexibility index (Phi) is 9.13. The van der Waals surface area contributed by atoms with Crippen molar-refractivity contribution in [2.24, 2.45) is 0 Å². The van der Waals surface area contributed by atoms with Crippen molar-refractivity contribution in [3.63, 3.8) is 0 Å². The minimum absolute atomic E-state index is 0.254. The van der Waals surface area contributed by atoms with Crippen LogP contribution in [0.5, 0.6) is 5.75 Å². The lowest BCUT2D eigenvalue weighted by Gasteiger charge is -2.11. The lowest BCUT2D eigenvalue weighted by Crippen LogP contribution is -2.27. The number of para-hydroxylation sites is 1. The van der Waals surface area contributed by atoms with Gasteiger partial charge >= 0.3 is 5.97 Å². The lowest BCUT2D eigenvalue weighted by atomic mass is 10.1. The molecule has 8 heteroatoms. The monoisotopic (exact) mass is 492 g/mol. The Bertz CT molecular complexity index is 1150. The summed E-state index contributed by atoms with van der Waals surface area (Å²) in [5.41, 5.74) is 1.89. The van der Waals surface area contributed by atoms with Crippen molar-refractivity contribution in [3.8, 4) is 5.75 Å². The van der Waals surface area contributed by atoms with Crippen molar-refractivity contribution in [3.05, 3.63) is 72.0 Å². The molecule has 8 nitrogen and oxygen atoms in total. The summed E-state index contributed by atoms with van der Waals surface area (Å²) in [5, 5.41) is 7.28. The van der Waals surface area contributed by atoms with Crippen LogP contribution in [0.4, 0.5) is 0 Å². The molecular formula is C28H32N2O6. The Morgan fingerprint density at radius 1 is 1.14 bits per heavy atom. The molecule has 1 atom stereocenters. The fourth-order valence-corrected chi connectivity index (χ4v) is 4.09. The number of fused-ring (bicyclic) bond motifs is 1. The highest BCUT2D eigenvalue weighted by molar-refractivity contribution is 5.96. The maximum atomic E-state index is 12.6. The van der Waals surface area contributed by atoms with E-state index in [1.54, 1.807) is 24.3 Å². The molecule has 2 N–H and O–H groups in total. The molecular weight excluding hydrogens is 460 g/mol. The largest absolute Gasteiger partial charge is 0.492 e. The van der Waals surface area contributed by atoms with Crippen LogP contribution in [-0.4, -0.2) is 57.9 Å². The predicted molar refractivity (Wildman–Crippen MR) is 137 cm³/mol. The maximum Gasteiger partial charge on any atom is 0.337 e. The number of carbonyl (C=O) groups excluding carboxylic acids is 2. The molecule has 0 aliphatic carbocycles. The summed E-state index contributed by atoms with van der Waals surface area (Å²) in [7, 11) is 1.34. The van der Waals surface area contributed by atoms with E-state index >= 15 is 0 Å². The Hall–Kier alpha value is -3.62. The molecule has 0 spiro atoms. The molecule has 0 saturated carbocycles. The first-order chi connectivity index (χ1) is 17.6. The number of esters is 1. The number of benzene rings is 2. The topological polar surface area (TPSA) is 99.0 Å². The number of ether oxygens (including phenoxy) is 3. The van der Waals surface area contributed by atoms with E-state index in [-0.39, 0.29) is 19.1 Å². The van der Waals surface area contributed by atoms with Crippen molar-refractivity contribution >= 4 is 28.4 Å². The maximum absolute atomic E-state index is 12.6. The number of nitrogens with one attached hydrogen (secondary N) is 2. The van der Waals surface area contributed by atoms with Crippen LogP contribution < -0.4 is 15.4 Å². The van der Waals surface area contributed by atoms with E-state index in [0.29, 0.717) is 41.8 Å². The minimum atomic E-state index is -0.403. The molecule has 1 saturated heterocycles. The van der Waals surface area contributed by atoms with Gasteiger partial charge in [-0.25, -0.2) is 4.79 Å². The molecule has 0 radical (unpaired) electrons. The van der Waals surface area contributed by atoms with Crippen LogP contribution in [0.2, 0.25) is 0 Å². The molecule has 3 aromatic rings. The summed E-state index contributed by atoms with van der Waals surface area (Å²) in [4.78, 5) is 24.2. The molecule has 1 fully saturated rings. The first-order valence-corrected chi connectivity index (χ1v) is 12.2. The van der Waals surface area contributed by atoms with Gasteiger partial charge in [0.15, 0.2) is 0 Å². The Morgan fingerprint density at radius 2 is 1.97 bits per heavy atom. The third-order valence-electron chi connectivity index (χ3n) is 6.02. The smallest absolute Gasteiger partial charge is 0.337 e. The first-order valence-electron chi connectivity index (χ1n) is 12.2. The van der Waals surface area contributed by atoms with Crippen LogP contribution in [0.25, 0.3) is 16.5 Å². The van der Waals surface area contributed by atoms with Crippen molar-refractivity contribution in [2.45, 2.75) is 25.3 Å². The van der Waals surface area contributed by atoms with Crippen molar-refractivity contribution in [1.29, 1.82) is 0 Å². The highest BCUT2D eigenvalue weighted by Gasteiger charge is 2.15. The number of hydrogen-bond donors (Lipinski definition) is 2. The number of rotatable bonds is 12. The molecule has 2 heterocycles. The third-order valence-corrected chi connectivity index (χ3v) is 6.02. The number of furan rings is 1. The highest BCUT2D eigenvalue weighted by atomic mass is 16.5. The second-order valence-electron chi connectivity index (χ2n) is 8.61. The van der Waals surface area contributed by atoms with E-state index in [2.05, 4.69) is 15.4 Å². The van der Waals surface area contributed by atoms with Crippen LogP contribution in [-0.2, 0) is 14.3 Å². The van der Waals surface area contributed by atoms with E-state index in [9.17, 15) is 9.59 Å². The van der Waals surface area contributed by atoms with Crippen molar-refractivity contribution in [2.75, 3.05) is 40.0 Å². The average molecular weight is 493 g/mol. The summed E-state index contributed by atoms with van der Waals surface area (Å²) in [6, 6.07) is 16.8. The zero-order chi connectivity index (χ0) is 25.2. The molecule has 1 aliphatic rings. The van der Waals surface area contributed by atoms with Crippen molar-refractivity contribution in [1.82, 2.24) is 10.6 Å². The first kappa shape index (κ1) is 25.5. The standard InChI is InChI=1S/C28H32N2O6/c1-33-28(32)20-8-10-24(11-9-20)35-16-14-30-27(31)18-22(19-34-15-12-23-6-4-13-29-23)26-17-21-5-2-3-7-25(21)36-26/h2-3,5,7-11,17-18,23,29H,4,6,12-16,19H2,1H3,(H,30,31). The van der Waals surface area contributed by atoms with Gasteiger partial charge in [0.2, 0.25) is 5.91 Å². The van der Waals surface area contributed by atoms with Crippen molar-refractivity contribution < 1.29 is 28.2 Å². The molecule has 2 aromatic carbocycles. The van der Waals surface area contributed by atoms with E-state index in [0.717, 1.165) is 23.9 Å². The molecule has 4 rings (SSSR count). The van der Waals surface area contributed by atoms with Crippen LogP contribution in [0, 0.1) is 0 Å². The van der Waals surface area contributed by atoms with Crippen LogP contribution >= 0.6 is 0 Å². The minimum Gasteiger partial charge on any atom is -0.492 e. The van der Waals surface area contributed by atoms with Gasteiger partial charge in [0.05, 0.1) is 25.8 Å². The lowest BCUT2D eigenvalue weighted by molar-refractivity contribution is -0.116. The third kappa shape index (κ3) is 7.19. The molecule has 190 valence electrons. The van der Waals surface area contributed by atoms with Crippen LogP contribution in [0.3, 0.4) is 0 Å². The Morgan fingerprint density at radius 3 is 2.72 bits per heavy atom. The van der Waals surface area contributed by atoms with Gasteiger partial charge in [-0.3, -0.25) is 4.79 Å². The Labute approximate surface area is 210 Å². The number of amides is 1. The summed E-state index contributed by atoms with van der Waals surface area (Å²) < 4.78 is 22.2. The van der Waals surface area contributed by atoms with E-state index in [1.807, 2.05) is 30.3 Å². The van der Waals surface area contributed by atoms with E-state index in [4.69, 9.17) is 13.9 Å². The quantitative estimate of drug-likeness (QED) is 0.224. The van der Waals surface area contributed by atoms with Gasteiger partial charge in [-0.05, 0) is 62.2 Å². The van der Waals surface area contributed by atoms with Gasteiger partial charge in [-0.1, -0.05) is 18.2 Å². The number of hydrogen-bond acceptors (Lipinski definition) is 7. The fourth-order valence-electron chi connectivity index (χ4n) is 4.09. The SMILES string of the molecule is COC(=O)c1ccc(OCCNC(=O)C=C(COCCC2CCCN2)c2cc3ccccc3o2)cc1. The second-order valence-corrected chi connectivity index (χ2v) is 8.61. The normalized spacial score (nSPS) is 15.7. The molecule has 0 bridgehead atoms. The van der Waals surface area contributed by atoms with Gasteiger partial charge in [0.25, 0.3) is 0 Å². The molecule has 1 unspecified atom stereocenters. The van der Waals surface area contributed by atoms with E-state index in [1.165, 1.54) is 26.0 Å². The summed E-state index contributed by atoms with van der Waals surface area (Å²) in [6.07, 6.45) is 4.85. The fraction of sp³-hybridized carbons (Fsp3) is 0.357. The number of carbonyl (C=O) groups is 2. The molecule has 1 aliphatic heterocycles. The van der Waals surface area contributed by atoms with Gasteiger partial charge in [0, 0.05) is 29.7 Å². The van der Waals surface area contributed by atoms with Gasteiger partial charge in [-0.2, -0.15) is 0 Å². The zero-order valence-corrected chi connectivity index (χ0v) is 20.5. The molecule has 36 heavy (non-hydrogen) atoms. The van der Waals surface area contributed by atoms with E-state index < -0.39 is 5.97 Å². The molecule has 1 amide bonds. The predicted octanol–water partition coefficient (Wildman–Crippen LogP) is 3.96. The second kappa shape index (κ2) is 12.9. The summed E-state index contributed by atoms with van der Waals surface area (Å²) >= 11 is 0. The van der Waals surface area contributed by atoms with Crippen LogP contribution in [0.15, 0.2) is 65.1 Å².